The van der Waals surface area contributed by atoms with Crippen LogP contribution in [-0.2, 0) is 0 Å². The number of halogens is 1. The van der Waals surface area contributed by atoms with E-state index in [4.69, 9.17) is 0 Å². The molecule has 1 aromatic rings. The molecule has 0 saturated carbocycles. The lowest BCUT2D eigenvalue weighted by Crippen LogP contribution is -2.53. The van der Waals surface area contributed by atoms with E-state index in [0.717, 1.165) is 35.3 Å². The van der Waals surface area contributed by atoms with Crippen LogP contribution in [0.15, 0.2) is 16.7 Å². The fourth-order valence-electron chi connectivity index (χ4n) is 3.59. The third-order valence-electron chi connectivity index (χ3n) is 4.71. The number of fused-ring (bicyclic) bond motifs is 1. The Morgan fingerprint density at radius 1 is 1.32 bits per heavy atom. The van der Waals surface area contributed by atoms with Crippen molar-refractivity contribution < 1.29 is 0 Å². The molecule has 0 radical (unpaired) electrons. The van der Waals surface area contributed by atoms with Gasteiger partial charge >= 0.3 is 0 Å². The molecule has 0 aromatic carbocycles. The third kappa shape index (κ3) is 2.52. The summed E-state index contributed by atoms with van der Waals surface area (Å²) in [6.45, 7) is 5.69. The van der Waals surface area contributed by atoms with E-state index in [0.29, 0.717) is 0 Å². The lowest BCUT2D eigenvalue weighted by molar-refractivity contribution is 0.102. The van der Waals surface area contributed by atoms with E-state index in [9.17, 15) is 0 Å². The zero-order chi connectivity index (χ0) is 13.4. The van der Waals surface area contributed by atoms with Crippen molar-refractivity contribution in [3.8, 4) is 0 Å². The number of rotatable bonds is 1. The van der Waals surface area contributed by atoms with Crippen LogP contribution in [0, 0.1) is 12.8 Å². The monoisotopic (exact) mass is 323 g/mol. The van der Waals surface area contributed by atoms with E-state index < -0.39 is 0 Å². The Balaban J connectivity index is 1.79. The van der Waals surface area contributed by atoms with Gasteiger partial charge in [0.25, 0.3) is 0 Å². The summed E-state index contributed by atoms with van der Waals surface area (Å²) in [5.41, 5.74) is 1.27. The summed E-state index contributed by atoms with van der Waals surface area (Å²) in [6, 6.07) is 2.85. The largest absolute Gasteiger partial charge is 0.355 e. The zero-order valence-electron chi connectivity index (χ0n) is 11.8. The molecule has 0 bridgehead atoms. The molecule has 0 N–H and O–H groups in total. The van der Waals surface area contributed by atoms with Crippen LogP contribution in [0.1, 0.15) is 24.8 Å². The first-order valence-corrected chi connectivity index (χ1v) is 8.02. The highest BCUT2D eigenvalue weighted by Gasteiger charge is 2.35. The number of hydrogen-bond acceptors (Lipinski definition) is 3. The van der Waals surface area contributed by atoms with E-state index in [2.05, 4.69) is 50.8 Å². The van der Waals surface area contributed by atoms with Crippen LogP contribution in [0.25, 0.3) is 0 Å². The maximum absolute atomic E-state index is 4.58. The van der Waals surface area contributed by atoms with Gasteiger partial charge in [0.2, 0.25) is 0 Å². The Morgan fingerprint density at radius 2 is 2.16 bits per heavy atom. The highest BCUT2D eigenvalue weighted by atomic mass is 79.9. The predicted molar refractivity (Wildman–Crippen MR) is 82.6 cm³/mol. The summed E-state index contributed by atoms with van der Waals surface area (Å²) in [4.78, 5) is 9.61. The van der Waals surface area contributed by atoms with Crippen molar-refractivity contribution >= 4 is 21.7 Å². The number of hydrogen-bond donors (Lipinski definition) is 0. The number of likely N-dealkylation sites (tertiary alicyclic amines) is 1. The fourth-order valence-corrected chi connectivity index (χ4v) is 4.08. The second-order valence-electron chi connectivity index (χ2n) is 5.95. The lowest BCUT2D eigenvalue weighted by Gasteiger charge is -2.46. The average Bonchev–Trinajstić information content (AvgIpc) is 2.42. The minimum Gasteiger partial charge on any atom is -0.355 e. The molecule has 2 aliphatic rings. The molecule has 0 aliphatic carbocycles. The van der Waals surface area contributed by atoms with Crippen LogP contribution < -0.4 is 4.90 Å². The van der Waals surface area contributed by atoms with E-state index in [1.807, 2.05) is 6.20 Å². The molecule has 2 fully saturated rings. The van der Waals surface area contributed by atoms with E-state index in [-0.39, 0.29) is 0 Å². The van der Waals surface area contributed by atoms with Gasteiger partial charge in [-0.15, -0.1) is 0 Å². The van der Waals surface area contributed by atoms with Gasteiger partial charge in [-0.2, -0.15) is 0 Å². The van der Waals surface area contributed by atoms with Crippen molar-refractivity contribution in [2.45, 2.75) is 32.2 Å². The minimum absolute atomic E-state index is 0.786. The van der Waals surface area contributed by atoms with E-state index in [1.54, 1.807) is 0 Å². The Bertz CT molecular complexity index is 463. The Labute approximate surface area is 124 Å². The predicted octanol–water partition coefficient (Wildman–Crippen LogP) is 3.07. The van der Waals surface area contributed by atoms with Gasteiger partial charge in [0.15, 0.2) is 0 Å². The lowest BCUT2D eigenvalue weighted by atomic mass is 9.84. The molecule has 0 spiro atoms. The average molecular weight is 324 g/mol. The van der Waals surface area contributed by atoms with Crippen LogP contribution in [0.2, 0.25) is 0 Å². The van der Waals surface area contributed by atoms with Crippen LogP contribution in [0.4, 0.5) is 5.82 Å². The molecule has 3 heterocycles. The molecule has 3 rings (SSSR count). The first-order valence-electron chi connectivity index (χ1n) is 7.23. The molecular weight excluding hydrogens is 302 g/mol. The molecule has 2 unspecified atom stereocenters. The van der Waals surface area contributed by atoms with Crippen LogP contribution in [-0.4, -0.2) is 42.6 Å². The number of aryl methyl sites for hydroxylation is 1. The van der Waals surface area contributed by atoms with E-state index in [1.165, 1.54) is 31.4 Å². The molecule has 0 amide bonds. The Kier molecular flexibility index (Phi) is 3.81. The van der Waals surface area contributed by atoms with E-state index >= 15 is 0 Å². The molecule has 1 aromatic heterocycles. The minimum atomic E-state index is 0.786. The van der Waals surface area contributed by atoms with Crippen molar-refractivity contribution in [3.63, 3.8) is 0 Å². The zero-order valence-corrected chi connectivity index (χ0v) is 13.4. The molecule has 3 nitrogen and oxygen atoms in total. The number of nitrogens with zero attached hydrogens (tertiary/aromatic N) is 3. The summed E-state index contributed by atoms with van der Waals surface area (Å²) >= 11 is 3.70. The molecule has 19 heavy (non-hydrogen) atoms. The third-order valence-corrected chi connectivity index (χ3v) is 5.69. The number of piperidine rings is 2. The first kappa shape index (κ1) is 13.4. The van der Waals surface area contributed by atoms with Crippen molar-refractivity contribution in [2.24, 2.45) is 5.92 Å². The number of aromatic nitrogens is 1. The summed E-state index contributed by atoms with van der Waals surface area (Å²) in [7, 11) is 2.29. The van der Waals surface area contributed by atoms with Gasteiger partial charge in [0.1, 0.15) is 5.82 Å². The van der Waals surface area contributed by atoms with Gasteiger partial charge in [0, 0.05) is 25.3 Å². The van der Waals surface area contributed by atoms with Crippen molar-refractivity contribution in [1.82, 2.24) is 9.88 Å². The SMILES string of the molecule is Cc1ccnc(N2CCC3C(CCCN3C)C2)c1Br. The molecule has 104 valence electrons. The maximum atomic E-state index is 4.58. The molecule has 2 saturated heterocycles. The van der Waals surface area contributed by atoms with Gasteiger partial charge in [-0.3, -0.25) is 0 Å². The first-order chi connectivity index (χ1) is 9.16. The van der Waals surface area contributed by atoms with Crippen molar-refractivity contribution in [2.75, 3.05) is 31.6 Å². The van der Waals surface area contributed by atoms with Crippen molar-refractivity contribution in [1.29, 1.82) is 0 Å². The normalized spacial score (nSPS) is 28.3. The maximum Gasteiger partial charge on any atom is 0.143 e. The summed E-state index contributed by atoms with van der Waals surface area (Å²) < 4.78 is 1.16. The summed E-state index contributed by atoms with van der Waals surface area (Å²) in [6.07, 6.45) is 5.90. The highest BCUT2D eigenvalue weighted by molar-refractivity contribution is 9.10. The Hall–Kier alpha value is -0.610. The van der Waals surface area contributed by atoms with Crippen LogP contribution in [0.3, 0.4) is 0 Å². The van der Waals surface area contributed by atoms with Gasteiger partial charge in [0.05, 0.1) is 4.47 Å². The second-order valence-corrected chi connectivity index (χ2v) is 6.74. The summed E-state index contributed by atoms with van der Waals surface area (Å²) in [5, 5.41) is 0. The van der Waals surface area contributed by atoms with Gasteiger partial charge in [-0.1, -0.05) is 0 Å². The topological polar surface area (TPSA) is 19.4 Å². The van der Waals surface area contributed by atoms with Gasteiger partial charge < -0.3 is 9.80 Å². The standard InChI is InChI=1S/C15H22BrN3/c1-11-5-7-17-15(14(11)16)19-9-6-13-12(10-19)4-3-8-18(13)2/h5,7,12-13H,3-4,6,8-10H2,1-2H3. The number of pyridine rings is 1. The van der Waals surface area contributed by atoms with Crippen molar-refractivity contribution in [3.05, 3.63) is 22.3 Å². The Morgan fingerprint density at radius 3 is 3.00 bits per heavy atom. The second kappa shape index (κ2) is 5.41. The van der Waals surface area contributed by atoms with Crippen LogP contribution >= 0.6 is 15.9 Å². The van der Waals surface area contributed by atoms with Crippen LogP contribution in [0.5, 0.6) is 0 Å². The number of anilines is 1. The summed E-state index contributed by atoms with van der Waals surface area (Å²) in [5.74, 6) is 1.94. The fraction of sp³-hybridized carbons (Fsp3) is 0.667. The quantitative estimate of drug-likeness (QED) is 0.791. The highest BCUT2D eigenvalue weighted by Crippen LogP contribution is 2.34. The molecule has 2 atom stereocenters. The van der Waals surface area contributed by atoms with Gasteiger partial charge in [-0.25, -0.2) is 4.98 Å². The smallest absolute Gasteiger partial charge is 0.143 e. The molecule has 2 aliphatic heterocycles. The van der Waals surface area contributed by atoms with Gasteiger partial charge in [-0.05, 0) is 73.3 Å². The molecular formula is C15H22BrN3. The molecule has 4 heteroatoms.